The molecule has 0 fully saturated rings. The fourth-order valence-electron chi connectivity index (χ4n) is 0.720. The van der Waals surface area contributed by atoms with Gasteiger partial charge < -0.3 is 5.11 Å². The quantitative estimate of drug-likeness (QED) is 0.565. The average Bonchev–Trinajstić information content (AvgIpc) is 2.09. The molecule has 0 saturated carbocycles. The van der Waals surface area contributed by atoms with E-state index < -0.39 is 5.97 Å². The van der Waals surface area contributed by atoms with Gasteiger partial charge in [-0.3, -0.25) is 4.79 Å². The van der Waals surface area contributed by atoms with Gasteiger partial charge in [-0.15, -0.1) is 24.0 Å². The van der Waals surface area contributed by atoms with E-state index in [1.54, 1.807) is 0 Å². The van der Waals surface area contributed by atoms with E-state index in [0.29, 0.717) is 10.0 Å². The number of thiol groups is 1. The molecule has 64 valence electrons. The van der Waals surface area contributed by atoms with Gasteiger partial charge in [0.25, 0.3) is 0 Å². The standard InChI is InChI=1S/C6H7NO2S2.2Na.2H/c1-3-4(2-5(8)9)7-6(10)11-3;;;;/h2H2,1H3,(H,7,10)(H,8,9);;;;. The minimum atomic E-state index is -0.855. The van der Waals surface area contributed by atoms with Crippen molar-refractivity contribution in [2.75, 3.05) is 0 Å². The van der Waals surface area contributed by atoms with Crippen LogP contribution in [0.5, 0.6) is 0 Å². The Morgan fingerprint density at radius 3 is 2.46 bits per heavy atom. The average molecular weight is 237 g/mol. The summed E-state index contributed by atoms with van der Waals surface area (Å²) >= 11 is 5.41. The number of thiazole rings is 1. The summed E-state index contributed by atoms with van der Waals surface area (Å²) in [4.78, 5) is 15.2. The molecule has 1 rings (SSSR count). The molecule has 0 aliphatic heterocycles. The first kappa shape index (κ1) is 16.9. The molecule has 0 saturated heterocycles. The van der Waals surface area contributed by atoms with Crippen molar-refractivity contribution in [2.45, 2.75) is 17.7 Å². The van der Waals surface area contributed by atoms with Crippen molar-refractivity contribution in [3.63, 3.8) is 0 Å². The number of aryl methyl sites for hydroxylation is 1. The van der Waals surface area contributed by atoms with Gasteiger partial charge in [-0.1, -0.05) is 0 Å². The van der Waals surface area contributed by atoms with Crippen LogP contribution >= 0.6 is 24.0 Å². The van der Waals surface area contributed by atoms with Gasteiger partial charge in [0, 0.05) is 4.88 Å². The summed E-state index contributed by atoms with van der Waals surface area (Å²) in [5.74, 6) is -0.855. The molecule has 0 aliphatic rings. The van der Waals surface area contributed by atoms with Crippen LogP contribution in [0, 0.1) is 6.92 Å². The molecule has 0 unspecified atom stereocenters. The first-order chi connectivity index (χ1) is 5.09. The monoisotopic (exact) mass is 237 g/mol. The molecule has 1 aromatic heterocycles. The van der Waals surface area contributed by atoms with E-state index >= 15 is 0 Å². The molecule has 13 heavy (non-hydrogen) atoms. The zero-order valence-electron chi connectivity index (χ0n) is 5.87. The Kier molecular flexibility index (Phi) is 9.99. The van der Waals surface area contributed by atoms with Crippen LogP contribution in [-0.4, -0.2) is 75.2 Å². The van der Waals surface area contributed by atoms with Crippen molar-refractivity contribution in [3.05, 3.63) is 10.6 Å². The van der Waals surface area contributed by atoms with Gasteiger partial charge in [0.1, 0.15) is 4.34 Å². The molecular formula is C6H9NNa2O2S2. The Labute approximate surface area is 130 Å². The molecule has 7 heteroatoms. The van der Waals surface area contributed by atoms with E-state index in [0.717, 1.165) is 4.88 Å². The van der Waals surface area contributed by atoms with E-state index in [1.165, 1.54) is 11.3 Å². The molecular weight excluding hydrogens is 228 g/mol. The number of nitrogens with zero attached hydrogens (tertiary/aromatic N) is 1. The molecule has 1 aromatic rings. The summed E-state index contributed by atoms with van der Waals surface area (Å²) in [5, 5.41) is 8.44. The molecule has 0 aliphatic carbocycles. The van der Waals surface area contributed by atoms with Crippen LogP contribution in [0.2, 0.25) is 0 Å². The number of aromatic nitrogens is 1. The molecule has 0 aromatic carbocycles. The molecule has 0 radical (unpaired) electrons. The second-order valence-electron chi connectivity index (χ2n) is 2.07. The van der Waals surface area contributed by atoms with Gasteiger partial charge in [0.2, 0.25) is 0 Å². The van der Waals surface area contributed by atoms with E-state index in [1.807, 2.05) is 6.92 Å². The zero-order chi connectivity index (χ0) is 8.43. The Balaban J connectivity index is 0. The van der Waals surface area contributed by atoms with Crippen LogP contribution in [0.1, 0.15) is 10.6 Å². The third-order valence-electron chi connectivity index (χ3n) is 1.20. The zero-order valence-corrected chi connectivity index (χ0v) is 7.58. The topological polar surface area (TPSA) is 50.2 Å². The van der Waals surface area contributed by atoms with E-state index in [2.05, 4.69) is 17.6 Å². The van der Waals surface area contributed by atoms with Crippen molar-refractivity contribution in [1.82, 2.24) is 4.98 Å². The molecule has 0 amide bonds. The minimum absolute atomic E-state index is 0. The van der Waals surface area contributed by atoms with Crippen LogP contribution in [0.15, 0.2) is 4.34 Å². The fraction of sp³-hybridized carbons (Fsp3) is 0.333. The van der Waals surface area contributed by atoms with Crippen molar-refractivity contribution < 1.29 is 9.90 Å². The molecule has 1 N–H and O–H groups in total. The van der Waals surface area contributed by atoms with Crippen molar-refractivity contribution >= 4 is 89.0 Å². The Morgan fingerprint density at radius 1 is 1.62 bits per heavy atom. The Morgan fingerprint density at radius 2 is 2.15 bits per heavy atom. The number of carboxylic acids is 1. The first-order valence-electron chi connectivity index (χ1n) is 2.96. The molecule has 3 nitrogen and oxygen atoms in total. The van der Waals surface area contributed by atoms with Crippen LogP contribution < -0.4 is 0 Å². The number of hydrogen-bond acceptors (Lipinski definition) is 4. The van der Waals surface area contributed by atoms with Crippen molar-refractivity contribution in [2.24, 2.45) is 0 Å². The van der Waals surface area contributed by atoms with Gasteiger partial charge in [-0.05, 0) is 6.92 Å². The van der Waals surface area contributed by atoms with Gasteiger partial charge >= 0.3 is 65.1 Å². The van der Waals surface area contributed by atoms with E-state index in [9.17, 15) is 4.79 Å². The van der Waals surface area contributed by atoms with Crippen LogP contribution in [-0.2, 0) is 11.2 Å². The van der Waals surface area contributed by atoms with Gasteiger partial charge in [-0.25, -0.2) is 4.98 Å². The summed E-state index contributed by atoms with van der Waals surface area (Å²) in [6.07, 6.45) is -0.0110. The van der Waals surface area contributed by atoms with Gasteiger partial charge in [0.15, 0.2) is 0 Å². The Hall–Kier alpha value is 1.45. The summed E-state index contributed by atoms with van der Waals surface area (Å²) < 4.78 is 0.624. The third-order valence-corrected chi connectivity index (χ3v) is 2.39. The second-order valence-corrected chi connectivity index (χ2v) is 4.00. The van der Waals surface area contributed by atoms with Gasteiger partial charge in [0.05, 0.1) is 12.1 Å². The number of rotatable bonds is 2. The summed E-state index contributed by atoms with van der Waals surface area (Å²) in [7, 11) is 0. The number of aliphatic carboxylic acids is 1. The van der Waals surface area contributed by atoms with Gasteiger partial charge in [-0.2, -0.15) is 0 Å². The SMILES string of the molecule is Cc1sc(S)nc1CC(=O)O.[NaH].[NaH]. The van der Waals surface area contributed by atoms with Crippen LogP contribution in [0.4, 0.5) is 0 Å². The summed E-state index contributed by atoms with van der Waals surface area (Å²) in [5.41, 5.74) is 0.618. The fourth-order valence-corrected chi connectivity index (χ4v) is 1.92. The Bertz CT molecular complexity index is 290. The first-order valence-corrected chi connectivity index (χ1v) is 4.23. The number of carbonyl (C=O) groups is 1. The number of carboxylic acid groups (broad SMARTS) is 1. The van der Waals surface area contributed by atoms with Crippen molar-refractivity contribution in [3.8, 4) is 0 Å². The molecule has 1 heterocycles. The van der Waals surface area contributed by atoms with Crippen LogP contribution in [0.25, 0.3) is 0 Å². The maximum atomic E-state index is 10.3. The van der Waals surface area contributed by atoms with Crippen molar-refractivity contribution in [1.29, 1.82) is 0 Å². The normalized spacial score (nSPS) is 8.46. The van der Waals surface area contributed by atoms with E-state index in [-0.39, 0.29) is 65.5 Å². The number of hydrogen-bond donors (Lipinski definition) is 2. The maximum absolute atomic E-state index is 10.3. The molecule has 0 bridgehead atoms. The summed E-state index contributed by atoms with van der Waals surface area (Å²) in [6.45, 7) is 1.84. The molecule has 0 atom stereocenters. The predicted molar refractivity (Wildman–Crippen MR) is 59.7 cm³/mol. The van der Waals surface area contributed by atoms with Crippen LogP contribution in [0.3, 0.4) is 0 Å². The van der Waals surface area contributed by atoms with E-state index in [4.69, 9.17) is 5.11 Å². The second kappa shape index (κ2) is 7.70. The predicted octanol–water partition coefficient (Wildman–Crippen LogP) is 0.0703. The third kappa shape index (κ3) is 5.79. The summed E-state index contributed by atoms with van der Waals surface area (Å²) in [6, 6.07) is 0. The molecule has 0 spiro atoms.